The highest BCUT2D eigenvalue weighted by molar-refractivity contribution is 6.34. The van der Waals surface area contributed by atoms with Gasteiger partial charge in [0.05, 0.1) is 22.1 Å². The first-order valence-electron chi connectivity index (χ1n) is 15.0. The average Bonchev–Trinajstić information content (AvgIpc) is 3.28. The van der Waals surface area contributed by atoms with E-state index in [2.05, 4.69) is 17.1 Å². The third-order valence-electron chi connectivity index (χ3n) is 8.30. The molecule has 1 N–H and O–H groups in total. The molecule has 0 aromatic heterocycles. The zero-order chi connectivity index (χ0) is 29.5. The summed E-state index contributed by atoms with van der Waals surface area (Å²) in [5, 5.41) is 3.30. The van der Waals surface area contributed by atoms with E-state index >= 15 is 0 Å². The van der Waals surface area contributed by atoms with Gasteiger partial charge in [-0.05, 0) is 68.0 Å². The minimum absolute atomic E-state index is 0.0224. The van der Waals surface area contributed by atoms with Crippen LogP contribution in [0.25, 0.3) is 0 Å². The standard InChI is InChI=1S/C34H39ClN4O3/c1-2-27(25-12-5-3-6-13-25)33(41)39-21-11-20-37(22-23-39)31-17-16-26(36-32(40)28-14-7-8-15-30(28)35)24-29(31)34(42)38-18-9-4-10-19-38/h3,5-8,12-17,24,27H,2,4,9-11,18-23H2,1H3,(H,36,40)/t27-/m0/s1. The number of hydrogen-bond acceptors (Lipinski definition) is 4. The molecule has 42 heavy (non-hydrogen) atoms. The molecule has 0 bridgehead atoms. The molecular weight excluding hydrogens is 548 g/mol. The van der Waals surface area contributed by atoms with Crippen molar-refractivity contribution in [3.05, 3.63) is 94.5 Å². The molecule has 220 valence electrons. The molecule has 0 unspecified atom stereocenters. The molecule has 8 heteroatoms. The summed E-state index contributed by atoms with van der Waals surface area (Å²) in [5.74, 6) is -0.341. The minimum atomic E-state index is -0.322. The SMILES string of the molecule is CC[C@H](C(=O)N1CCCN(c2ccc(NC(=O)c3ccccc3Cl)cc2C(=O)N2CCCCC2)CC1)c1ccccc1. The van der Waals surface area contributed by atoms with E-state index in [-0.39, 0.29) is 23.6 Å². The summed E-state index contributed by atoms with van der Waals surface area (Å²) in [7, 11) is 0. The average molecular weight is 587 g/mol. The maximum atomic E-state index is 13.9. The number of anilines is 2. The van der Waals surface area contributed by atoms with Gasteiger partial charge in [-0.25, -0.2) is 0 Å². The molecule has 2 fully saturated rings. The molecule has 2 saturated heterocycles. The zero-order valence-electron chi connectivity index (χ0n) is 24.2. The van der Waals surface area contributed by atoms with Gasteiger partial charge in [-0.2, -0.15) is 0 Å². The summed E-state index contributed by atoms with van der Waals surface area (Å²) in [6.45, 7) is 6.15. The van der Waals surface area contributed by atoms with Gasteiger partial charge in [0.15, 0.2) is 0 Å². The normalized spacial score (nSPS) is 16.5. The van der Waals surface area contributed by atoms with E-state index in [1.54, 1.807) is 30.3 Å². The molecular formula is C34H39ClN4O3. The number of benzene rings is 3. The van der Waals surface area contributed by atoms with Crippen LogP contribution in [0.5, 0.6) is 0 Å². The molecule has 2 heterocycles. The van der Waals surface area contributed by atoms with Crippen LogP contribution in [0.3, 0.4) is 0 Å². The molecule has 3 aromatic rings. The second kappa shape index (κ2) is 13.9. The van der Waals surface area contributed by atoms with E-state index in [9.17, 15) is 14.4 Å². The molecule has 1 atom stereocenters. The minimum Gasteiger partial charge on any atom is -0.369 e. The van der Waals surface area contributed by atoms with E-state index in [0.717, 1.165) is 63.0 Å². The fourth-order valence-electron chi connectivity index (χ4n) is 6.01. The lowest BCUT2D eigenvalue weighted by atomic mass is 9.95. The van der Waals surface area contributed by atoms with Crippen molar-refractivity contribution < 1.29 is 14.4 Å². The van der Waals surface area contributed by atoms with Gasteiger partial charge in [0.25, 0.3) is 11.8 Å². The van der Waals surface area contributed by atoms with Crippen molar-refractivity contribution in [3.63, 3.8) is 0 Å². The Balaban J connectivity index is 1.37. The number of amides is 3. The van der Waals surface area contributed by atoms with Crippen molar-refractivity contribution in [1.29, 1.82) is 0 Å². The van der Waals surface area contributed by atoms with Crippen LogP contribution >= 0.6 is 11.6 Å². The third kappa shape index (κ3) is 6.79. The summed E-state index contributed by atoms with van der Waals surface area (Å²) < 4.78 is 0. The number of halogens is 1. The topological polar surface area (TPSA) is 73.0 Å². The van der Waals surface area contributed by atoms with Gasteiger partial charge < -0.3 is 20.0 Å². The van der Waals surface area contributed by atoms with Crippen molar-refractivity contribution in [2.45, 2.75) is 44.9 Å². The number of rotatable bonds is 7. The lowest BCUT2D eigenvalue weighted by molar-refractivity contribution is -0.132. The summed E-state index contributed by atoms with van der Waals surface area (Å²) in [6.07, 6.45) is 4.66. The first-order chi connectivity index (χ1) is 20.5. The number of likely N-dealkylation sites (tertiary alicyclic amines) is 1. The molecule has 0 spiro atoms. The monoisotopic (exact) mass is 586 g/mol. The fraction of sp³-hybridized carbons (Fsp3) is 0.382. The first-order valence-corrected chi connectivity index (χ1v) is 15.4. The Hall–Kier alpha value is -3.84. The highest BCUT2D eigenvalue weighted by Crippen LogP contribution is 2.30. The number of nitrogens with one attached hydrogen (secondary N) is 1. The quantitative estimate of drug-likeness (QED) is 0.345. The van der Waals surface area contributed by atoms with Gasteiger partial charge in [0, 0.05) is 50.6 Å². The second-order valence-electron chi connectivity index (χ2n) is 11.1. The molecule has 2 aliphatic rings. The predicted molar refractivity (Wildman–Crippen MR) is 168 cm³/mol. The number of piperidine rings is 1. The van der Waals surface area contributed by atoms with Gasteiger partial charge in [0.2, 0.25) is 5.91 Å². The van der Waals surface area contributed by atoms with Crippen LogP contribution < -0.4 is 10.2 Å². The molecule has 7 nitrogen and oxygen atoms in total. The second-order valence-corrected chi connectivity index (χ2v) is 11.5. The number of carbonyl (C=O) groups is 3. The van der Waals surface area contributed by atoms with Gasteiger partial charge in [0.1, 0.15) is 0 Å². The van der Waals surface area contributed by atoms with E-state index < -0.39 is 0 Å². The Kier molecular flexibility index (Phi) is 9.80. The summed E-state index contributed by atoms with van der Waals surface area (Å²) in [5.41, 5.74) is 3.39. The van der Waals surface area contributed by atoms with Crippen molar-refractivity contribution in [1.82, 2.24) is 9.80 Å². The van der Waals surface area contributed by atoms with Gasteiger partial charge in [-0.3, -0.25) is 14.4 Å². The summed E-state index contributed by atoms with van der Waals surface area (Å²) >= 11 is 6.25. The lowest BCUT2D eigenvalue weighted by Crippen LogP contribution is -2.39. The van der Waals surface area contributed by atoms with Crippen molar-refractivity contribution in [3.8, 4) is 0 Å². The first kappa shape index (κ1) is 29.6. The van der Waals surface area contributed by atoms with Crippen LogP contribution in [0.2, 0.25) is 5.02 Å². The molecule has 0 radical (unpaired) electrons. The van der Waals surface area contributed by atoms with Gasteiger partial charge >= 0.3 is 0 Å². The highest BCUT2D eigenvalue weighted by atomic mass is 35.5. The predicted octanol–water partition coefficient (Wildman–Crippen LogP) is 6.45. The van der Waals surface area contributed by atoms with Crippen molar-refractivity contribution in [2.75, 3.05) is 49.5 Å². The van der Waals surface area contributed by atoms with Crippen LogP contribution in [-0.4, -0.2) is 66.8 Å². The Morgan fingerprint density at radius 2 is 1.48 bits per heavy atom. The number of carbonyl (C=O) groups excluding carboxylic acids is 3. The smallest absolute Gasteiger partial charge is 0.257 e. The lowest BCUT2D eigenvalue weighted by Gasteiger charge is -2.31. The van der Waals surface area contributed by atoms with E-state index in [4.69, 9.17) is 11.6 Å². The molecule has 2 aliphatic heterocycles. The van der Waals surface area contributed by atoms with Gasteiger partial charge in [-0.1, -0.05) is 61.0 Å². The number of nitrogens with zero attached hydrogens (tertiary/aromatic N) is 3. The van der Waals surface area contributed by atoms with Gasteiger partial charge in [-0.15, -0.1) is 0 Å². The third-order valence-corrected chi connectivity index (χ3v) is 8.63. The molecule has 0 saturated carbocycles. The van der Waals surface area contributed by atoms with Crippen molar-refractivity contribution in [2.24, 2.45) is 0 Å². The highest BCUT2D eigenvalue weighted by Gasteiger charge is 2.29. The van der Waals surface area contributed by atoms with E-state index in [0.29, 0.717) is 41.5 Å². The van der Waals surface area contributed by atoms with Crippen LogP contribution in [-0.2, 0) is 4.79 Å². The Bertz CT molecular complexity index is 1410. The Morgan fingerprint density at radius 3 is 2.21 bits per heavy atom. The van der Waals surface area contributed by atoms with Crippen LogP contribution in [0.1, 0.15) is 71.2 Å². The number of hydrogen-bond donors (Lipinski definition) is 1. The van der Waals surface area contributed by atoms with Crippen LogP contribution in [0.15, 0.2) is 72.8 Å². The molecule has 5 rings (SSSR count). The van der Waals surface area contributed by atoms with Crippen molar-refractivity contribution >= 4 is 40.7 Å². The fourth-order valence-corrected chi connectivity index (χ4v) is 6.23. The zero-order valence-corrected chi connectivity index (χ0v) is 25.0. The van der Waals surface area contributed by atoms with Crippen LogP contribution in [0, 0.1) is 0 Å². The maximum absolute atomic E-state index is 13.9. The molecule has 3 amide bonds. The van der Waals surface area contributed by atoms with Crippen LogP contribution in [0.4, 0.5) is 11.4 Å². The molecule has 0 aliphatic carbocycles. The Labute approximate surface area is 253 Å². The summed E-state index contributed by atoms with van der Waals surface area (Å²) in [4.78, 5) is 46.6. The Morgan fingerprint density at radius 1 is 0.762 bits per heavy atom. The largest absolute Gasteiger partial charge is 0.369 e. The molecule has 3 aromatic carbocycles. The maximum Gasteiger partial charge on any atom is 0.257 e. The van der Waals surface area contributed by atoms with E-state index in [1.807, 2.05) is 52.3 Å². The van der Waals surface area contributed by atoms with E-state index in [1.165, 1.54) is 0 Å². The summed E-state index contributed by atoms with van der Waals surface area (Å²) in [6, 6.07) is 22.5.